The van der Waals surface area contributed by atoms with Crippen molar-refractivity contribution in [3.8, 4) is 5.75 Å². The summed E-state index contributed by atoms with van der Waals surface area (Å²) in [5.41, 5.74) is 3.14. The fourth-order valence-corrected chi connectivity index (χ4v) is 9.69. The van der Waals surface area contributed by atoms with Crippen molar-refractivity contribution >= 4 is 29.0 Å². The van der Waals surface area contributed by atoms with E-state index in [1.54, 1.807) is 0 Å². The number of piperidine rings is 1. The largest absolute Gasteiger partial charge is 0.490 e. The van der Waals surface area contributed by atoms with Crippen molar-refractivity contribution in [2.45, 2.75) is 75.9 Å². The molecule has 6 fully saturated rings. The van der Waals surface area contributed by atoms with Crippen LogP contribution < -0.4 is 19.9 Å². The second-order valence-corrected chi connectivity index (χ2v) is 14.4. The summed E-state index contributed by atoms with van der Waals surface area (Å²) in [5, 5.41) is 3.59. The molecule has 0 radical (unpaired) electrons. The highest BCUT2D eigenvalue weighted by Crippen LogP contribution is 2.55. The summed E-state index contributed by atoms with van der Waals surface area (Å²) in [6, 6.07) is 16.7. The number of anilines is 3. The third-order valence-electron chi connectivity index (χ3n) is 11.4. The molecule has 3 aliphatic heterocycles. The predicted octanol–water partition coefficient (Wildman–Crippen LogP) is 6.12. The van der Waals surface area contributed by atoms with Gasteiger partial charge in [0.05, 0.1) is 11.4 Å². The fourth-order valence-electron chi connectivity index (χ4n) is 9.69. The molecular weight excluding hydrogens is 552 g/mol. The van der Waals surface area contributed by atoms with Gasteiger partial charge in [-0.1, -0.05) is 12.1 Å². The molecule has 0 aromatic heterocycles. The van der Waals surface area contributed by atoms with Crippen LogP contribution in [0.2, 0.25) is 0 Å². The van der Waals surface area contributed by atoms with Gasteiger partial charge < -0.3 is 24.6 Å². The molecule has 234 valence electrons. The first kappa shape index (κ1) is 28.2. The summed E-state index contributed by atoms with van der Waals surface area (Å²) >= 11 is 0. The number of rotatable bonds is 5. The number of amides is 3. The molecular formula is C36H46N4O4. The van der Waals surface area contributed by atoms with E-state index in [4.69, 9.17) is 9.47 Å². The highest BCUT2D eigenvalue weighted by Gasteiger charge is 2.52. The smallest absolute Gasteiger partial charge is 0.322 e. The van der Waals surface area contributed by atoms with Crippen molar-refractivity contribution in [2.24, 2.45) is 23.7 Å². The summed E-state index contributed by atoms with van der Waals surface area (Å²) < 4.78 is 11.8. The Morgan fingerprint density at radius 2 is 1.41 bits per heavy atom. The number of carbonyl (C=O) groups excluding carboxylic acids is 2. The Bertz CT molecular complexity index is 1330. The predicted molar refractivity (Wildman–Crippen MR) is 170 cm³/mol. The normalized spacial score (nSPS) is 30.3. The molecule has 44 heavy (non-hydrogen) atoms. The lowest BCUT2D eigenvalue weighted by atomic mass is 9.53. The van der Waals surface area contributed by atoms with Gasteiger partial charge in [0.15, 0.2) is 0 Å². The molecule has 4 aliphatic carbocycles. The number of para-hydroxylation sites is 2. The molecule has 8 nitrogen and oxygen atoms in total. The van der Waals surface area contributed by atoms with Gasteiger partial charge in [-0.2, -0.15) is 0 Å². The van der Waals surface area contributed by atoms with Crippen molar-refractivity contribution in [1.29, 1.82) is 0 Å². The molecule has 4 saturated carbocycles. The number of hydrogen-bond donors (Lipinski definition) is 1. The Labute approximate surface area is 261 Å². The van der Waals surface area contributed by atoms with E-state index in [0.29, 0.717) is 25.7 Å². The Kier molecular flexibility index (Phi) is 7.44. The van der Waals surface area contributed by atoms with Crippen molar-refractivity contribution in [3.05, 3.63) is 48.5 Å². The van der Waals surface area contributed by atoms with Crippen molar-refractivity contribution in [3.63, 3.8) is 0 Å². The minimum Gasteiger partial charge on any atom is -0.490 e. The van der Waals surface area contributed by atoms with Gasteiger partial charge >= 0.3 is 6.03 Å². The van der Waals surface area contributed by atoms with Crippen LogP contribution in [-0.2, 0) is 9.53 Å². The minimum absolute atomic E-state index is 0.00467. The summed E-state index contributed by atoms with van der Waals surface area (Å²) in [4.78, 5) is 33.0. The molecule has 2 aromatic rings. The maximum absolute atomic E-state index is 13.8. The van der Waals surface area contributed by atoms with Crippen LogP contribution in [0.15, 0.2) is 48.5 Å². The number of ether oxygens (including phenoxy) is 2. The number of likely N-dealkylation sites (tertiary alicyclic amines) is 1. The monoisotopic (exact) mass is 598 g/mol. The zero-order chi connectivity index (χ0) is 29.7. The molecule has 0 atom stereocenters. The Balaban J connectivity index is 0.896. The number of nitrogens with one attached hydrogen (secondary N) is 1. The van der Waals surface area contributed by atoms with Crippen LogP contribution in [0.3, 0.4) is 0 Å². The van der Waals surface area contributed by atoms with E-state index in [1.165, 1.54) is 19.3 Å². The second kappa shape index (κ2) is 11.6. The topological polar surface area (TPSA) is 74.3 Å². The van der Waals surface area contributed by atoms with E-state index in [9.17, 15) is 9.59 Å². The number of urea groups is 1. The quantitative estimate of drug-likeness (QED) is 0.449. The van der Waals surface area contributed by atoms with Crippen LogP contribution in [0.25, 0.3) is 0 Å². The summed E-state index contributed by atoms with van der Waals surface area (Å²) in [6.45, 7) is 4.31. The molecule has 3 heterocycles. The SMILES string of the molecule is O=C(C1CCOCC1)N1CCC(Oc2ccc(N3CCN(C(=O)NC45CC6CC(CC(C6)C4)C5)c4ccccc43)cc2)CC1. The van der Waals surface area contributed by atoms with Crippen molar-refractivity contribution in [2.75, 3.05) is 49.2 Å². The van der Waals surface area contributed by atoms with Gasteiger partial charge in [-0.15, -0.1) is 0 Å². The lowest BCUT2D eigenvalue weighted by Gasteiger charge is -2.57. The fraction of sp³-hybridized carbons (Fsp3) is 0.611. The molecule has 9 rings (SSSR count). The number of fused-ring (bicyclic) bond motifs is 1. The highest BCUT2D eigenvalue weighted by molar-refractivity contribution is 5.98. The van der Waals surface area contributed by atoms with E-state index in [0.717, 1.165) is 105 Å². The van der Waals surface area contributed by atoms with E-state index < -0.39 is 0 Å². The number of hydrogen-bond acceptors (Lipinski definition) is 5. The maximum atomic E-state index is 13.8. The number of nitrogens with zero attached hydrogens (tertiary/aromatic N) is 3. The van der Waals surface area contributed by atoms with Crippen LogP contribution in [0.1, 0.15) is 64.2 Å². The molecule has 7 aliphatic rings. The molecule has 2 aromatic carbocycles. The van der Waals surface area contributed by atoms with Crippen LogP contribution in [0, 0.1) is 23.7 Å². The van der Waals surface area contributed by atoms with Gasteiger partial charge in [-0.3, -0.25) is 9.69 Å². The van der Waals surface area contributed by atoms with Gasteiger partial charge in [0.25, 0.3) is 0 Å². The third-order valence-corrected chi connectivity index (χ3v) is 11.4. The first-order valence-electron chi connectivity index (χ1n) is 17.1. The van der Waals surface area contributed by atoms with Crippen LogP contribution >= 0.6 is 0 Å². The Hall–Kier alpha value is -3.26. The molecule has 4 bridgehead atoms. The zero-order valence-electron chi connectivity index (χ0n) is 25.8. The van der Waals surface area contributed by atoms with Crippen LogP contribution in [-0.4, -0.2) is 67.9 Å². The maximum Gasteiger partial charge on any atom is 0.322 e. The lowest BCUT2D eigenvalue weighted by molar-refractivity contribution is -0.140. The van der Waals surface area contributed by atoms with Crippen LogP contribution in [0.5, 0.6) is 5.75 Å². The van der Waals surface area contributed by atoms with E-state index >= 15 is 0 Å². The first-order valence-corrected chi connectivity index (χ1v) is 17.1. The molecule has 1 N–H and O–H groups in total. The molecule has 3 amide bonds. The first-order chi connectivity index (χ1) is 21.5. The Morgan fingerprint density at radius 1 is 0.773 bits per heavy atom. The van der Waals surface area contributed by atoms with Gasteiger partial charge in [0.2, 0.25) is 5.91 Å². The summed E-state index contributed by atoms with van der Waals surface area (Å²) in [5.74, 6) is 3.69. The van der Waals surface area contributed by atoms with Gasteiger partial charge in [-0.05, 0) is 106 Å². The Morgan fingerprint density at radius 3 is 2.07 bits per heavy atom. The highest BCUT2D eigenvalue weighted by atomic mass is 16.5. The van der Waals surface area contributed by atoms with E-state index in [1.807, 2.05) is 15.9 Å². The standard InChI is InChI=1S/C36H46N4O4/c41-34(28-11-17-43-18-12-28)38-13-9-31(10-14-38)44-30-7-5-29(6-8-30)39-15-16-40(33-4-2-1-3-32(33)39)35(42)37-36-22-25-19-26(23-36)21-27(20-25)24-36/h1-8,25-28,31H,9-24H2,(H,37,42). The average molecular weight is 599 g/mol. The van der Waals surface area contributed by atoms with Gasteiger partial charge in [0.1, 0.15) is 11.9 Å². The molecule has 2 saturated heterocycles. The molecule has 8 heteroatoms. The summed E-state index contributed by atoms with van der Waals surface area (Å²) in [6.07, 6.45) is 11.1. The molecule has 0 unspecified atom stereocenters. The van der Waals surface area contributed by atoms with E-state index in [-0.39, 0.29) is 23.6 Å². The van der Waals surface area contributed by atoms with Crippen LogP contribution in [0.4, 0.5) is 21.9 Å². The lowest BCUT2D eigenvalue weighted by Crippen LogP contribution is -2.62. The number of benzene rings is 2. The number of carbonyl (C=O) groups is 2. The second-order valence-electron chi connectivity index (χ2n) is 14.4. The van der Waals surface area contributed by atoms with Crippen molar-refractivity contribution < 1.29 is 19.1 Å². The third kappa shape index (κ3) is 5.44. The van der Waals surface area contributed by atoms with Gasteiger partial charge in [-0.25, -0.2) is 4.79 Å². The van der Waals surface area contributed by atoms with E-state index in [2.05, 4.69) is 52.7 Å². The van der Waals surface area contributed by atoms with Crippen molar-refractivity contribution in [1.82, 2.24) is 10.2 Å². The average Bonchev–Trinajstić information content (AvgIpc) is 3.04. The summed E-state index contributed by atoms with van der Waals surface area (Å²) in [7, 11) is 0. The molecule has 0 spiro atoms. The zero-order valence-corrected chi connectivity index (χ0v) is 25.8. The van der Waals surface area contributed by atoms with Gasteiger partial charge in [0, 0.05) is 69.4 Å². The minimum atomic E-state index is 0.00467.